The summed E-state index contributed by atoms with van der Waals surface area (Å²) in [6, 6.07) is 8.38. The fourth-order valence-corrected chi connectivity index (χ4v) is 2.84. The standard InChI is InChI=1S/C14H16N2S/c15-8-11-3-5-12(6-4-11)13-9-17-14(16-13)7-10-1-2-10/h3-6,9-10H,1-2,7-8,15H2. The van der Waals surface area contributed by atoms with Gasteiger partial charge < -0.3 is 5.73 Å². The third-order valence-corrected chi connectivity index (χ3v) is 4.07. The first-order valence-electron chi connectivity index (χ1n) is 6.09. The van der Waals surface area contributed by atoms with E-state index in [1.54, 1.807) is 11.3 Å². The Morgan fingerprint density at radius 2 is 2.00 bits per heavy atom. The first-order chi connectivity index (χ1) is 8.35. The van der Waals surface area contributed by atoms with Crippen LogP contribution in [0, 0.1) is 5.92 Å². The molecule has 0 atom stereocenters. The van der Waals surface area contributed by atoms with Crippen LogP contribution >= 0.6 is 11.3 Å². The van der Waals surface area contributed by atoms with Crippen LogP contribution in [0.15, 0.2) is 29.6 Å². The van der Waals surface area contributed by atoms with E-state index in [0.29, 0.717) is 6.54 Å². The topological polar surface area (TPSA) is 38.9 Å². The molecule has 0 bridgehead atoms. The van der Waals surface area contributed by atoms with Gasteiger partial charge in [0.15, 0.2) is 0 Å². The van der Waals surface area contributed by atoms with Crippen molar-refractivity contribution in [3.05, 3.63) is 40.2 Å². The van der Waals surface area contributed by atoms with Crippen LogP contribution in [-0.4, -0.2) is 4.98 Å². The van der Waals surface area contributed by atoms with Crippen molar-refractivity contribution in [3.63, 3.8) is 0 Å². The van der Waals surface area contributed by atoms with Gasteiger partial charge in [-0.05, 0) is 24.3 Å². The maximum atomic E-state index is 5.59. The van der Waals surface area contributed by atoms with Crippen LogP contribution < -0.4 is 5.73 Å². The molecule has 88 valence electrons. The first kappa shape index (κ1) is 10.9. The molecule has 0 saturated heterocycles. The zero-order chi connectivity index (χ0) is 11.7. The van der Waals surface area contributed by atoms with E-state index in [1.165, 1.54) is 35.4 Å². The van der Waals surface area contributed by atoms with E-state index < -0.39 is 0 Å². The largest absolute Gasteiger partial charge is 0.326 e. The Hall–Kier alpha value is -1.19. The molecule has 2 nitrogen and oxygen atoms in total. The lowest BCUT2D eigenvalue weighted by Crippen LogP contribution is -1.95. The van der Waals surface area contributed by atoms with Gasteiger partial charge in [-0.25, -0.2) is 4.98 Å². The quantitative estimate of drug-likeness (QED) is 0.897. The molecule has 0 amide bonds. The minimum atomic E-state index is 0.601. The van der Waals surface area contributed by atoms with Gasteiger partial charge in [0.1, 0.15) is 0 Å². The average molecular weight is 244 g/mol. The van der Waals surface area contributed by atoms with Gasteiger partial charge in [-0.1, -0.05) is 24.3 Å². The molecule has 1 heterocycles. The number of nitrogens with zero attached hydrogens (tertiary/aromatic N) is 1. The SMILES string of the molecule is NCc1ccc(-c2csc(CC3CC3)n2)cc1. The van der Waals surface area contributed by atoms with Crippen molar-refractivity contribution < 1.29 is 0 Å². The van der Waals surface area contributed by atoms with Gasteiger partial charge in [0.2, 0.25) is 0 Å². The van der Waals surface area contributed by atoms with Crippen LogP contribution in [0.4, 0.5) is 0 Å². The molecule has 3 rings (SSSR count). The number of nitrogens with two attached hydrogens (primary N) is 1. The molecule has 1 aromatic carbocycles. The molecule has 1 fully saturated rings. The molecule has 0 radical (unpaired) electrons. The Bertz CT molecular complexity index is 497. The van der Waals surface area contributed by atoms with E-state index in [9.17, 15) is 0 Å². The van der Waals surface area contributed by atoms with Crippen LogP contribution in [0.3, 0.4) is 0 Å². The van der Waals surface area contributed by atoms with Crippen LogP contribution in [-0.2, 0) is 13.0 Å². The summed E-state index contributed by atoms with van der Waals surface area (Å²) in [5.74, 6) is 0.911. The van der Waals surface area contributed by atoms with Gasteiger partial charge in [-0.2, -0.15) is 0 Å². The fourth-order valence-electron chi connectivity index (χ4n) is 1.92. The van der Waals surface area contributed by atoms with E-state index in [-0.39, 0.29) is 0 Å². The van der Waals surface area contributed by atoms with Crippen LogP contribution in [0.5, 0.6) is 0 Å². The highest BCUT2D eigenvalue weighted by Crippen LogP contribution is 2.34. The number of aromatic nitrogens is 1. The monoisotopic (exact) mass is 244 g/mol. The maximum absolute atomic E-state index is 5.59. The van der Waals surface area contributed by atoms with Crippen molar-refractivity contribution in [1.82, 2.24) is 4.98 Å². The molecular formula is C14H16N2S. The zero-order valence-electron chi connectivity index (χ0n) is 9.73. The van der Waals surface area contributed by atoms with Gasteiger partial charge in [-0.3, -0.25) is 0 Å². The van der Waals surface area contributed by atoms with Gasteiger partial charge in [0.25, 0.3) is 0 Å². The van der Waals surface area contributed by atoms with Crippen molar-refractivity contribution >= 4 is 11.3 Å². The summed E-state index contributed by atoms with van der Waals surface area (Å²) >= 11 is 1.79. The minimum absolute atomic E-state index is 0.601. The minimum Gasteiger partial charge on any atom is -0.326 e. The highest BCUT2D eigenvalue weighted by atomic mass is 32.1. The predicted octanol–water partition coefficient (Wildman–Crippen LogP) is 3.22. The normalized spacial score (nSPS) is 15.1. The van der Waals surface area contributed by atoms with Gasteiger partial charge in [0, 0.05) is 23.9 Å². The first-order valence-corrected chi connectivity index (χ1v) is 6.97. The molecule has 1 saturated carbocycles. The number of benzene rings is 1. The van der Waals surface area contributed by atoms with E-state index in [1.807, 2.05) is 0 Å². The lowest BCUT2D eigenvalue weighted by atomic mass is 10.1. The Balaban J connectivity index is 1.79. The molecule has 1 aliphatic rings. The Labute approximate surface area is 106 Å². The number of thiazole rings is 1. The summed E-state index contributed by atoms with van der Waals surface area (Å²) in [4.78, 5) is 4.70. The third kappa shape index (κ3) is 2.56. The lowest BCUT2D eigenvalue weighted by molar-refractivity contribution is 0.825. The Kier molecular flexibility index (Phi) is 2.95. The summed E-state index contributed by atoms with van der Waals surface area (Å²) in [7, 11) is 0. The number of hydrogen-bond acceptors (Lipinski definition) is 3. The van der Waals surface area contributed by atoms with Crippen molar-refractivity contribution in [3.8, 4) is 11.3 Å². The molecule has 0 spiro atoms. The van der Waals surface area contributed by atoms with Crippen LogP contribution in [0.2, 0.25) is 0 Å². The van der Waals surface area contributed by atoms with E-state index in [4.69, 9.17) is 10.7 Å². The third-order valence-electron chi connectivity index (χ3n) is 3.20. The average Bonchev–Trinajstić information content (AvgIpc) is 3.06. The van der Waals surface area contributed by atoms with E-state index in [0.717, 1.165) is 11.6 Å². The van der Waals surface area contributed by atoms with Crippen molar-refractivity contribution in [2.75, 3.05) is 0 Å². The molecule has 17 heavy (non-hydrogen) atoms. The molecule has 2 N–H and O–H groups in total. The highest BCUT2D eigenvalue weighted by Gasteiger charge is 2.22. The second-order valence-corrected chi connectivity index (χ2v) is 5.62. The van der Waals surface area contributed by atoms with Crippen LogP contribution in [0.25, 0.3) is 11.3 Å². The van der Waals surface area contributed by atoms with Crippen molar-refractivity contribution in [1.29, 1.82) is 0 Å². The summed E-state index contributed by atoms with van der Waals surface area (Å²) in [5, 5.41) is 3.44. The maximum Gasteiger partial charge on any atom is 0.0935 e. The molecular weight excluding hydrogens is 228 g/mol. The van der Waals surface area contributed by atoms with Gasteiger partial charge in [-0.15, -0.1) is 11.3 Å². The van der Waals surface area contributed by atoms with Crippen molar-refractivity contribution in [2.45, 2.75) is 25.8 Å². The second kappa shape index (κ2) is 4.59. The highest BCUT2D eigenvalue weighted by molar-refractivity contribution is 7.09. The Morgan fingerprint density at radius 3 is 2.65 bits per heavy atom. The van der Waals surface area contributed by atoms with Crippen LogP contribution in [0.1, 0.15) is 23.4 Å². The van der Waals surface area contributed by atoms with Crippen molar-refractivity contribution in [2.24, 2.45) is 11.7 Å². The summed E-state index contributed by atoms with van der Waals surface area (Å²) in [6.07, 6.45) is 3.95. The molecule has 3 heteroatoms. The summed E-state index contributed by atoms with van der Waals surface area (Å²) in [5.41, 5.74) is 9.06. The predicted molar refractivity (Wildman–Crippen MR) is 71.9 cm³/mol. The number of hydrogen-bond donors (Lipinski definition) is 1. The Morgan fingerprint density at radius 1 is 1.24 bits per heavy atom. The summed E-state index contributed by atoms with van der Waals surface area (Å²) < 4.78 is 0. The number of rotatable bonds is 4. The van der Waals surface area contributed by atoms with E-state index >= 15 is 0 Å². The van der Waals surface area contributed by atoms with E-state index in [2.05, 4.69) is 29.6 Å². The lowest BCUT2D eigenvalue weighted by Gasteiger charge is -1.99. The smallest absolute Gasteiger partial charge is 0.0935 e. The summed E-state index contributed by atoms with van der Waals surface area (Å²) in [6.45, 7) is 0.601. The molecule has 1 aliphatic carbocycles. The zero-order valence-corrected chi connectivity index (χ0v) is 10.5. The molecule has 0 aliphatic heterocycles. The molecule has 0 unspecified atom stereocenters. The second-order valence-electron chi connectivity index (χ2n) is 4.68. The fraction of sp³-hybridized carbons (Fsp3) is 0.357. The molecule has 2 aromatic rings. The van der Waals surface area contributed by atoms with Gasteiger partial charge >= 0.3 is 0 Å². The van der Waals surface area contributed by atoms with Gasteiger partial charge in [0.05, 0.1) is 10.7 Å². The molecule has 1 aromatic heterocycles.